The van der Waals surface area contributed by atoms with Crippen molar-refractivity contribution in [1.29, 1.82) is 0 Å². The topological polar surface area (TPSA) is 87.5 Å². The molecule has 0 spiro atoms. The Kier molecular flexibility index (Phi) is 5.20. The number of carbonyl (C=O) groups is 2. The van der Waals surface area contributed by atoms with Gasteiger partial charge in [0.05, 0.1) is 22.6 Å². The molecule has 2 aromatic carbocycles. The average molecular weight is 392 g/mol. The molecule has 0 radical (unpaired) electrons. The largest absolute Gasteiger partial charge is 0.478 e. The summed E-state index contributed by atoms with van der Waals surface area (Å²) >= 11 is 0. The maximum atomic E-state index is 12.8. The number of hydrogen-bond acceptors (Lipinski definition) is 3. The van der Waals surface area contributed by atoms with E-state index in [1.807, 2.05) is 30.0 Å². The summed E-state index contributed by atoms with van der Waals surface area (Å²) in [5, 5.41) is 11.9. The molecule has 2 amide bonds. The number of nitrogens with one attached hydrogen (secondary N) is 1. The highest BCUT2D eigenvalue weighted by molar-refractivity contribution is 5.87. The summed E-state index contributed by atoms with van der Waals surface area (Å²) in [4.78, 5) is 30.2. The van der Waals surface area contributed by atoms with E-state index in [2.05, 4.69) is 20.9 Å². The number of carbonyl (C=O) groups excluding carboxylic acids is 1. The average Bonchev–Trinajstić information content (AvgIpc) is 3.31. The van der Waals surface area contributed by atoms with E-state index in [9.17, 15) is 9.59 Å². The number of aromatic carboxylic acids is 1. The SMILES string of the molecule is Cc1nc2ccccc2n1CC1CCCN1C(=O)NCc1ccc(C(=O)O)cc1. The number of nitrogens with zero attached hydrogens (tertiary/aromatic N) is 3. The van der Waals surface area contributed by atoms with E-state index >= 15 is 0 Å². The summed E-state index contributed by atoms with van der Waals surface area (Å²) < 4.78 is 2.19. The molecule has 0 saturated carbocycles. The third-order valence-corrected chi connectivity index (χ3v) is 5.52. The molecule has 0 aliphatic carbocycles. The molecule has 1 aliphatic rings. The van der Waals surface area contributed by atoms with Crippen molar-refractivity contribution >= 4 is 23.0 Å². The molecule has 7 nitrogen and oxygen atoms in total. The minimum absolute atomic E-state index is 0.0862. The van der Waals surface area contributed by atoms with Crippen LogP contribution in [0.2, 0.25) is 0 Å². The monoisotopic (exact) mass is 392 g/mol. The number of aromatic nitrogens is 2. The number of amides is 2. The maximum absolute atomic E-state index is 12.8. The van der Waals surface area contributed by atoms with E-state index in [4.69, 9.17) is 5.11 Å². The van der Waals surface area contributed by atoms with Crippen molar-refractivity contribution in [2.24, 2.45) is 0 Å². The predicted molar refractivity (Wildman–Crippen MR) is 110 cm³/mol. The van der Waals surface area contributed by atoms with Crippen molar-refractivity contribution in [1.82, 2.24) is 19.8 Å². The van der Waals surface area contributed by atoms with E-state index < -0.39 is 5.97 Å². The van der Waals surface area contributed by atoms with Gasteiger partial charge >= 0.3 is 12.0 Å². The number of rotatable bonds is 5. The molecule has 7 heteroatoms. The van der Waals surface area contributed by atoms with Crippen LogP contribution in [0.1, 0.15) is 34.6 Å². The fraction of sp³-hybridized carbons (Fsp3) is 0.318. The molecule has 2 heterocycles. The van der Waals surface area contributed by atoms with Crippen LogP contribution < -0.4 is 5.32 Å². The van der Waals surface area contributed by atoms with Gasteiger partial charge in [0.2, 0.25) is 0 Å². The highest BCUT2D eigenvalue weighted by atomic mass is 16.4. The summed E-state index contributed by atoms with van der Waals surface area (Å²) in [6.07, 6.45) is 1.95. The number of aryl methyl sites for hydroxylation is 1. The van der Waals surface area contributed by atoms with Gasteiger partial charge in [-0.2, -0.15) is 0 Å². The van der Waals surface area contributed by atoms with Crippen LogP contribution in [-0.2, 0) is 13.1 Å². The van der Waals surface area contributed by atoms with Gasteiger partial charge in [0.1, 0.15) is 5.82 Å². The van der Waals surface area contributed by atoms with Gasteiger partial charge in [-0.1, -0.05) is 24.3 Å². The third kappa shape index (κ3) is 3.94. The van der Waals surface area contributed by atoms with Gasteiger partial charge in [0.15, 0.2) is 0 Å². The highest BCUT2D eigenvalue weighted by Crippen LogP contribution is 2.23. The van der Waals surface area contributed by atoms with Crippen LogP contribution in [0.15, 0.2) is 48.5 Å². The Hall–Kier alpha value is -3.35. The number of fused-ring (bicyclic) bond motifs is 1. The molecule has 29 heavy (non-hydrogen) atoms. The molecular weight excluding hydrogens is 368 g/mol. The van der Waals surface area contributed by atoms with Crippen molar-refractivity contribution in [3.63, 3.8) is 0 Å². The van der Waals surface area contributed by atoms with Crippen molar-refractivity contribution in [3.8, 4) is 0 Å². The van der Waals surface area contributed by atoms with Crippen LogP contribution in [0.25, 0.3) is 11.0 Å². The Morgan fingerprint density at radius 3 is 2.69 bits per heavy atom. The number of urea groups is 1. The zero-order valence-corrected chi connectivity index (χ0v) is 16.3. The zero-order valence-electron chi connectivity index (χ0n) is 16.3. The predicted octanol–water partition coefficient (Wildman–Crippen LogP) is 3.42. The van der Waals surface area contributed by atoms with E-state index in [-0.39, 0.29) is 17.6 Å². The van der Waals surface area contributed by atoms with Crippen LogP contribution >= 0.6 is 0 Å². The van der Waals surface area contributed by atoms with E-state index in [1.165, 1.54) is 0 Å². The molecule has 4 rings (SSSR count). The molecule has 1 saturated heterocycles. The van der Waals surface area contributed by atoms with Crippen molar-refractivity contribution < 1.29 is 14.7 Å². The van der Waals surface area contributed by atoms with Crippen molar-refractivity contribution in [2.75, 3.05) is 6.54 Å². The smallest absolute Gasteiger partial charge is 0.335 e. The molecule has 150 valence electrons. The quantitative estimate of drug-likeness (QED) is 0.696. The lowest BCUT2D eigenvalue weighted by Gasteiger charge is -2.26. The van der Waals surface area contributed by atoms with Gasteiger partial charge in [-0.25, -0.2) is 14.6 Å². The standard InChI is InChI=1S/C22H24N4O3/c1-15-24-19-6-2-3-7-20(19)26(15)14-18-5-4-12-25(18)22(29)23-13-16-8-10-17(11-9-16)21(27)28/h2-3,6-11,18H,4-5,12-14H2,1H3,(H,23,29)(H,27,28). The van der Waals surface area contributed by atoms with Crippen LogP contribution in [0.4, 0.5) is 4.79 Å². The lowest BCUT2D eigenvalue weighted by atomic mass is 10.1. The number of likely N-dealkylation sites (tertiary alicyclic amines) is 1. The highest BCUT2D eigenvalue weighted by Gasteiger charge is 2.29. The summed E-state index contributed by atoms with van der Waals surface area (Å²) in [5.74, 6) is -0.000193. The number of carboxylic acid groups (broad SMARTS) is 1. The van der Waals surface area contributed by atoms with E-state index in [0.29, 0.717) is 6.54 Å². The molecule has 2 N–H and O–H groups in total. The molecule has 1 fully saturated rings. The number of para-hydroxylation sites is 2. The normalized spacial score (nSPS) is 16.3. The summed E-state index contributed by atoms with van der Waals surface area (Å²) in [7, 11) is 0. The second-order valence-electron chi connectivity index (χ2n) is 7.41. The van der Waals surface area contributed by atoms with Crippen LogP contribution in [0.5, 0.6) is 0 Å². The van der Waals surface area contributed by atoms with Gasteiger partial charge < -0.3 is 19.9 Å². The molecule has 1 aliphatic heterocycles. The molecule has 0 bridgehead atoms. The molecule has 1 atom stereocenters. The fourth-order valence-corrected chi connectivity index (χ4v) is 3.97. The first-order valence-electron chi connectivity index (χ1n) is 9.81. The number of imidazole rings is 1. The minimum atomic E-state index is -0.956. The summed E-state index contributed by atoms with van der Waals surface area (Å²) in [5.41, 5.74) is 3.18. The van der Waals surface area contributed by atoms with Crippen LogP contribution in [0, 0.1) is 6.92 Å². The van der Waals surface area contributed by atoms with Gasteiger partial charge in [-0.3, -0.25) is 0 Å². The van der Waals surface area contributed by atoms with Crippen LogP contribution in [-0.4, -0.2) is 44.1 Å². The first kappa shape index (κ1) is 19.0. The lowest BCUT2D eigenvalue weighted by molar-refractivity contribution is 0.0697. The molecule has 1 aromatic heterocycles. The summed E-state index contributed by atoms with van der Waals surface area (Å²) in [6, 6.07) is 14.7. The first-order chi connectivity index (χ1) is 14.0. The summed E-state index contributed by atoms with van der Waals surface area (Å²) in [6.45, 7) is 3.84. The van der Waals surface area contributed by atoms with Gasteiger partial charge in [0.25, 0.3) is 0 Å². The van der Waals surface area contributed by atoms with Crippen molar-refractivity contribution in [3.05, 3.63) is 65.5 Å². The Bertz CT molecular complexity index is 1040. The Morgan fingerprint density at radius 2 is 1.93 bits per heavy atom. The Labute approximate surface area is 169 Å². The van der Waals surface area contributed by atoms with E-state index in [1.54, 1.807) is 24.3 Å². The Morgan fingerprint density at radius 1 is 1.17 bits per heavy atom. The van der Waals surface area contributed by atoms with Crippen molar-refractivity contribution in [2.45, 2.75) is 38.9 Å². The molecular formula is C22H24N4O3. The second kappa shape index (κ2) is 7.95. The number of hydrogen-bond donors (Lipinski definition) is 2. The third-order valence-electron chi connectivity index (χ3n) is 5.52. The fourth-order valence-electron chi connectivity index (χ4n) is 3.97. The lowest BCUT2D eigenvalue weighted by Crippen LogP contribution is -2.44. The number of carboxylic acids is 1. The van der Waals surface area contributed by atoms with Gasteiger partial charge in [-0.15, -0.1) is 0 Å². The van der Waals surface area contributed by atoms with E-state index in [0.717, 1.165) is 48.4 Å². The second-order valence-corrected chi connectivity index (χ2v) is 7.41. The Balaban J connectivity index is 1.41. The zero-order chi connectivity index (χ0) is 20.4. The maximum Gasteiger partial charge on any atom is 0.335 e. The van der Waals surface area contributed by atoms with Crippen LogP contribution in [0.3, 0.4) is 0 Å². The molecule has 3 aromatic rings. The minimum Gasteiger partial charge on any atom is -0.478 e. The van der Waals surface area contributed by atoms with Gasteiger partial charge in [-0.05, 0) is 49.6 Å². The van der Waals surface area contributed by atoms with Gasteiger partial charge in [0, 0.05) is 19.6 Å². The number of benzene rings is 2. The first-order valence-corrected chi connectivity index (χ1v) is 9.81. The molecule has 1 unspecified atom stereocenters.